The largest absolute Gasteiger partial charge is 0.481 e. The Bertz CT molecular complexity index is 554. The maximum Gasteiger partial charge on any atom is 0.322 e. The molecule has 1 atom stereocenters. The second kappa shape index (κ2) is 7.87. The highest BCUT2D eigenvalue weighted by Crippen LogP contribution is 2.35. The Labute approximate surface area is 141 Å². The van der Waals surface area contributed by atoms with Crippen LogP contribution in [0.15, 0.2) is 16.6 Å². The van der Waals surface area contributed by atoms with Crippen LogP contribution in [0.3, 0.4) is 0 Å². The molecule has 1 rings (SSSR count). The predicted molar refractivity (Wildman–Crippen MR) is 87.3 cm³/mol. The fourth-order valence-corrected chi connectivity index (χ4v) is 2.65. The molecule has 1 unspecified atom stereocenters. The normalized spacial score (nSPS) is 11.9. The van der Waals surface area contributed by atoms with Gasteiger partial charge in [0.05, 0.1) is 22.2 Å². The smallest absolute Gasteiger partial charge is 0.322 e. The van der Waals surface area contributed by atoms with E-state index < -0.39 is 18.0 Å². The van der Waals surface area contributed by atoms with Gasteiger partial charge in [-0.1, -0.05) is 23.2 Å². The van der Waals surface area contributed by atoms with E-state index in [9.17, 15) is 9.59 Å². The van der Waals surface area contributed by atoms with Gasteiger partial charge in [0.1, 0.15) is 0 Å². The van der Waals surface area contributed by atoms with Crippen molar-refractivity contribution in [2.24, 2.45) is 0 Å². The maximum atomic E-state index is 12.2. The average Bonchev–Trinajstić information content (AvgIpc) is 2.39. The minimum Gasteiger partial charge on any atom is -0.481 e. The highest BCUT2D eigenvalue weighted by Gasteiger charge is 2.22. The van der Waals surface area contributed by atoms with Gasteiger partial charge >= 0.3 is 12.0 Å². The predicted octanol–water partition coefficient (Wildman–Crippen LogP) is 4.47. The summed E-state index contributed by atoms with van der Waals surface area (Å²) in [7, 11) is 0. The zero-order valence-corrected chi connectivity index (χ0v) is 14.6. The van der Waals surface area contributed by atoms with E-state index in [1.165, 1.54) is 4.90 Å². The number of halogens is 3. The van der Waals surface area contributed by atoms with Gasteiger partial charge in [0.2, 0.25) is 0 Å². The Kier molecular flexibility index (Phi) is 6.77. The molecule has 116 valence electrons. The molecule has 0 saturated heterocycles. The molecule has 0 fully saturated rings. The number of nitrogens with zero attached hydrogens (tertiary/aromatic N) is 1. The first-order valence-corrected chi connectivity index (χ1v) is 7.75. The van der Waals surface area contributed by atoms with Crippen molar-refractivity contribution in [1.29, 1.82) is 0 Å². The lowest BCUT2D eigenvalue weighted by Gasteiger charge is -2.27. The number of amides is 2. The first-order chi connectivity index (χ1) is 9.77. The highest BCUT2D eigenvalue weighted by atomic mass is 79.9. The lowest BCUT2D eigenvalue weighted by atomic mass is 10.2. The van der Waals surface area contributed by atoms with Gasteiger partial charge in [-0.15, -0.1) is 0 Å². The number of carbonyl (C=O) groups is 2. The van der Waals surface area contributed by atoms with E-state index in [4.69, 9.17) is 28.3 Å². The molecule has 0 aliphatic carbocycles. The standard InChI is InChI=1S/C13H15BrCl2N2O3/c1-3-18(7(2)6-10(19)20)13(21)17-9-5-4-8(14)11(15)12(9)16/h4-5,7H,3,6H2,1-2H3,(H,17,21)(H,19,20). The van der Waals surface area contributed by atoms with E-state index in [-0.39, 0.29) is 11.4 Å². The van der Waals surface area contributed by atoms with Crippen molar-refractivity contribution in [2.45, 2.75) is 26.3 Å². The van der Waals surface area contributed by atoms with E-state index in [1.807, 2.05) is 0 Å². The van der Waals surface area contributed by atoms with Crippen LogP contribution < -0.4 is 5.32 Å². The second-order valence-electron chi connectivity index (χ2n) is 4.39. The lowest BCUT2D eigenvalue weighted by molar-refractivity contribution is -0.137. The van der Waals surface area contributed by atoms with E-state index in [1.54, 1.807) is 26.0 Å². The third-order valence-electron chi connectivity index (χ3n) is 2.88. The number of rotatable bonds is 5. The van der Waals surface area contributed by atoms with E-state index in [0.717, 1.165) is 0 Å². The molecular formula is C13H15BrCl2N2O3. The van der Waals surface area contributed by atoms with Crippen LogP contribution in [0.2, 0.25) is 10.0 Å². The fraction of sp³-hybridized carbons (Fsp3) is 0.385. The molecule has 2 amide bonds. The van der Waals surface area contributed by atoms with E-state index in [0.29, 0.717) is 21.7 Å². The number of urea groups is 1. The van der Waals surface area contributed by atoms with Crippen molar-refractivity contribution in [3.63, 3.8) is 0 Å². The van der Waals surface area contributed by atoms with Crippen LogP contribution in [0, 0.1) is 0 Å². The Hall–Kier alpha value is -0.980. The molecular weight excluding hydrogens is 383 g/mol. The van der Waals surface area contributed by atoms with Crippen molar-refractivity contribution >= 4 is 56.8 Å². The summed E-state index contributed by atoms with van der Waals surface area (Å²) in [4.78, 5) is 24.4. The SMILES string of the molecule is CCN(C(=O)Nc1ccc(Br)c(Cl)c1Cl)C(C)CC(=O)O. The van der Waals surface area contributed by atoms with Gasteiger partial charge in [-0.2, -0.15) is 0 Å². The Balaban J connectivity index is 2.88. The number of carbonyl (C=O) groups excluding carboxylic acids is 1. The summed E-state index contributed by atoms with van der Waals surface area (Å²) in [5.41, 5.74) is 0.371. The van der Waals surface area contributed by atoms with Gasteiger partial charge in [0.15, 0.2) is 0 Å². The first kappa shape index (κ1) is 18.1. The molecule has 1 aromatic rings. The number of benzene rings is 1. The second-order valence-corrected chi connectivity index (χ2v) is 6.00. The molecule has 0 heterocycles. The van der Waals surface area contributed by atoms with Crippen molar-refractivity contribution in [2.75, 3.05) is 11.9 Å². The van der Waals surface area contributed by atoms with Gasteiger partial charge in [-0.25, -0.2) is 4.79 Å². The average molecular weight is 398 g/mol. The van der Waals surface area contributed by atoms with Gasteiger partial charge < -0.3 is 15.3 Å². The summed E-state index contributed by atoms with van der Waals surface area (Å²) in [5, 5.41) is 12.0. The molecule has 0 aromatic heterocycles. The molecule has 2 N–H and O–H groups in total. The van der Waals surface area contributed by atoms with Crippen LogP contribution >= 0.6 is 39.1 Å². The summed E-state index contributed by atoms with van der Waals surface area (Å²) in [6.45, 7) is 3.82. The zero-order valence-electron chi connectivity index (χ0n) is 11.5. The molecule has 21 heavy (non-hydrogen) atoms. The summed E-state index contributed by atoms with van der Waals surface area (Å²) in [6, 6.07) is 2.43. The number of hydrogen-bond acceptors (Lipinski definition) is 2. The number of carboxylic acid groups (broad SMARTS) is 1. The third kappa shape index (κ3) is 4.76. The Morgan fingerprint density at radius 3 is 2.52 bits per heavy atom. The molecule has 0 saturated carbocycles. The Morgan fingerprint density at radius 1 is 1.38 bits per heavy atom. The molecule has 0 aliphatic heterocycles. The number of carboxylic acids is 1. The summed E-state index contributed by atoms with van der Waals surface area (Å²) >= 11 is 15.3. The lowest BCUT2D eigenvalue weighted by Crippen LogP contribution is -2.42. The molecule has 0 radical (unpaired) electrons. The van der Waals surface area contributed by atoms with Crippen LogP contribution in [0.4, 0.5) is 10.5 Å². The van der Waals surface area contributed by atoms with Crippen LogP contribution in [0.1, 0.15) is 20.3 Å². The quantitative estimate of drug-likeness (QED) is 0.720. The number of anilines is 1. The monoisotopic (exact) mass is 396 g/mol. The summed E-state index contributed by atoms with van der Waals surface area (Å²) in [6.07, 6.45) is -0.129. The maximum absolute atomic E-state index is 12.2. The van der Waals surface area contributed by atoms with Crippen molar-refractivity contribution < 1.29 is 14.7 Å². The van der Waals surface area contributed by atoms with E-state index >= 15 is 0 Å². The third-order valence-corrected chi connectivity index (χ3v) is 4.65. The van der Waals surface area contributed by atoms with Crippen molar-refractivity contribution in [3.05, 3.63) is 26.7 Å². The van der Waals surface area contributed by atoms with Crippen LogP contribution in [0.25, 0.3) is 0 Å². The van der Waals surface area contributed by atoms with Crippen LogP contribution in [-0.2, 0) is 4.79 Å². The summed E-state index contributed by atoms with van der Waals surface area (Å²) < 4.78 is 0.624. The molecule has 0 spiro atoms. The van der Waals surface area contributed by atoms with Gasteiger partial charge in [0, 0.05) is 17.1 Å². The van der Waals surface area contributed by atoms with E-state index in [2.05, 4.69) is 21.2 Å². The summed E-state index contributed by atoms with van der Waals surface area (Å²) in [5.74, 6) is -0.960. The first-order valence-electron chi connectivity index (χ1n) is 6.20. The topological polar surface area (TPSA) is 69.6 Å². The van der Waals surface area contributed by atoms with Gasteiger partial charge in [-0.05, 0) is 41.9 Å². The fourth-order valence-electron chi connectivity index (χ4n) is 1.83. The van der Waals surface area contributed by atoms with Crippen LogP contribution in [0.5, 0.6) is 0 Å². The molecule has 0 bridgehead atoms. The molecule has 5 nitrogen and oxygen atoms in total. The minimum atomic E-state index is -0.960. The Morgan fingerprint density at radius 2 is 2.00 bits per heavy atom. The van der Waals surface area contributed by atoms with Crippen molar-refractivity contribution in [1.82, 2.24) is 4.90 Å². The minimum absolute atomic E-state index is 0.129. The number of nitrogens with one attached hydrogen (secondary N) is 1. The molecule has 8 heteroatoms. The van der Waals surface area contributed by atoms with Crippen molar-refractivity contribution in [3.8, 4) is 0 Å². The van der Waals surface area contributed by atoms with Gasteiger partial charge in [-0.3, -0.25) is 4.79 Å². The number of hydrogen-bond donors (Lipinski definition) is 2. The zero-order chi connectivity index (χ0) is 16.2. The van der Waals surface area contributed by atoms with Gasteiger partial charge in [0.25, 0.3) is 0 Å². The van der Waals surface area contributed by atoms with Crippen LogP contribution in [-0.4, -0.2) is 34.6 Å². The molecule has 0 aliphatic rings. The molecule has 1 aromatic carbocycles. The number of aliphatic carboxylic acids is 1. The highest BCUT2D eigenvalue weighted by molar-refractivity contribution is 9.10.